The van der Waals surface area contributed by atoms with E-state index in [4.69, 9.17) is 0 Å². The van der Waals surface area contributed by atoms with E-state index in [0.29, 0.717) is 6.16 Å². The van der Waals surface area contributed by atoms with Crippen LogP contribution in [0.25, 0.3) is 0 Å². The molecule has 1 heterocycles. The molecule has 0 saturated carbocycles. The summed E-state index contributed by atoms with van der Waals surface area (Å²) in [7, 11) is 0.118. The maximum Gasteiger partial charge on any atom is 0.161 e. The third-order valence-electron chi connectivity index (χ3n) is 1.02. The first-order valence-electron chi connectivity index (χ1n) is 2.72. The second-order valence-corrected chi connectivity index (χ2v) is 3.25. The summed E-state index contributed by atoms with van der Waals surface area (Å²) >= 11 is 3.25. The van der Waals surface area contributed by atoms with Crippen molar-refractivity contribution < 1.29 is 4.57 Å². The van der Waals surface area contributed by atoms with Gasteiger partial charge in [0.15, 0.2) is 8.46 Å². The highest BCUT2D eigenvalue weighted by molar-refractivity contribution is 9.10. The van der Waals surface area contributed by atoms with E-state index in [1.54, 1.807) is 6.20 Å². The van der Waals surface area contributed by atoms with E-state index in [0.717, 1.165) is 10.2 Å². The molecule has 0 unspecified atom stereocenters. The van der Waals surface area contributed by atoms with Crippen molar-refractivity contribution in [2.45, 2.75) is 6.16 Å². The molecule has 52 valence electrons. The molecule has 0 fully saturated rings. The van der Waals surface area contributed by atoms with Gasteiger partial charge >= 0.3 is 0 Å². The van der Waals surface area contributed by atoms with Crippen LogP contribution >= 0.6 is 24.4 Å². The lowest BCUT2D eigenvalue weighted by atomic mass is 10.4. The second-order valence-electron chi connectivity index (χ2n) is 1.75. The van der Waals surface area contributed by atoms with Gasteiger partial charge in [-0.3, -0.25) is 9.55 Å². The minimum Gasteiger partial charge on any atom is -0.275 e. The number of hydrogen-bond acceptors (Lipinski definition) is 2. The van der Waals surface area contributed by atoms with Crippen molar-refractivity contribution in [2.75, 3.05) is 0 Å². The summed E-state index contributed by atoms with van der Waals surface area (Å²) in [6, 6.07) is 3.72. The van der Waals surface area contributed by atoms with Gasteiger partial charge in [-0.05, 0) is 28.1 Å². The first kappa shape index (κ1) is 7.83. The highest BCUT2D eigenvalue weighted by Gasteiger charge is 1.91. The molecule has 1 aromatic rings. The van der Waals surface area contributed by atoms with E-state index in [-0.39, 0.29) is 8.46 Å². The standard InChI is InChI=1S/C6H5BrNOP/c7-5-1-2-6(4-10-9)8-3-5/h1-3H,4H2. The highest BCUT2D eigenvalue weighted by atomic mass is 79.9. The normalized spacial score (nSPS) is 10.1. The van der Waals surface area contributed by atoms with Crippen LogP contribution in [0, 0.1) is 0 Å². The molecule has 0 N–H and O–H groups in total. The number of rotatable bonds is 2. The summed E-state index contributed by atoms with van der Waals surface area (Å²) in [5.41, 5.74) is 0.847. The van der Waals surface area contributed by atoms with Gasteiger partial charge in [-0.15, -0.1) is 0 Å². The van der Waals surface area contributed by atoms with Gasteiger partial charge in [-0.1, -0.05) is 0 Å². The molecule has 0 atom stereocenters. The van der Waals surface area contributed by atoms with E-state index >= 15 is 0 Å². The smallest absolute Gasteiger partial charge is 0.161 e. The molecule has 10 heavy (non-hydrogen) atoms. The maximum absolute atomic E-state index is 10.1. The van der Waals surface area contributed by atoms with E-state index in [1.165, 1.54) is 0 Å². The van der Waals surface area contributed by atoms with Crippen LogP contribution in [0.3, 0.4) is 0 Å². The van der Waals surface area contributed by atoms with Crippen LogP contribution < -0.4 is 0 Å². The molecule has 0 saturated heterocycles. The number of nitrogens with zero attached hydrogens (tertiary/aromatic N) is 1. The Bertz CT molecular complexity index is 224. The largest absolute Gasteiger partial charge is 0.275 e. The monoisotopic (exact) mass is 217 g/mol. The fraction of sp³-hybridized carbons (Fsp3) is 0.167. The van der Waals surface area contributed by atoms with Crippen molar-refractivity contribution in [3.8, 4) is 0 Å². The maximum atomic E-state index is 10.1. The van der Waals surface area contributed by atoms with Crippen LogP contribution in [0.2, 0.25) is 0 Å². The number of halogens is 1. The predicted octanol–water partition coefficient (Wildman–Crippen LogP) is 2.64. The van der Waals surface area contributed by atoms with Crippen molar-refractivity contribution in [1.82, 2.24) is 4.98 Å². The van der Waals surface area contributed by atoms with Crippen molar-refractivity contribution in [3.63, 3.8) is 0 Å². The lowest BCUT2D eigenvalue weighted by Crippen LogP contribution is -1.81. The zero-order valence-electron chi connectivity index (χ0n) is 5.12. The van der Waals surface area contributed by atoms with Gasteiger partial charge in [0.05, 0.1) is 11.9 Å². The second kappa shape index (κ2) is 3.79. The first-order valence-corrected chi connectivity index (χ1v) is 4.51. The van der Waals surface area contributed by atoms with Gasteiger partial charge in [0.2, 0.25) is 0 Å². The summed E-state index contributed by atoms with van der Waals surface area (Å²) in [5, 5.41) is 0. The quantitative estimate of drug-likeness (QED) is 0.714. The van der Waals surface area contributed by atoms with Gasteiger partial charge in [-0.2, -0.15) is 0 Å². The van der Waals surface area contributed by atoms with Gasteiger partial charge in [0.25, 0.3) is 0 Å². The Morgan fingerprint density at radius 2 is 2.40 bits per heavy atom. The Hall–Kier alpha value is -0.270. The lowest BCUT2D eigenvalue weighted by Gasteiger charge is -1.91. The van der Waals surface area contributed by atoms with Crippen LogP contribution in [0.5, 0.6) is 0 Å². The number of hydrogen-bond donors (Lipinski definition) is 0. The SMILES string of the molecule is O=PCc1ccc(Br)cn1. The topological polar surface area (TPSA) is 30.0 Å². The third kappa shape index (κ3) is 2.16. The van der Waals surface area contributed by atoms with E-state index in [2.05, 4.69) is 20.9 Å². The zero-order chi connectivity index (χ0) is 7.40. The Kier molecular flexibility index (Phi) is 2.97. The summed E-state index contributed by atoms with van der Waals surface area (Å²) in [4.78, 5) is 4.01. The molecular weight excluding hydrogens is 213 g/mol. The molecule has 0 radical (unpaired) electrons. The summed E-state index contributed by atoms with van der Waals surface area (Å²) in [6.07, 6.45) is 2.19. The minimum atomic E-state index is 0.118. The predicted molar refractivity (Wildman–Crippen MR) is 43.2 cm³/mol. The van der Waals surface area contributed by atoms with Crippen molar-refractivity contribution >= 4 is 24.4 Å². The van der Waals surface area contributed by atoms with Crippen LogP contribution in [0.15, 0.2) is 22.8 Å². The summed E-state index contributed by atoms with van der Waals surface area (Å²) in [6.45, 7) is 0. The Morgan fingerprint density at radius 1 is 1.60 bits per heavy atom. The highest BCUT2D eigenvalue weighted by Crippen LogP contribution is 2.10. The first-order chi connectivity index (χ1) is 4.83. The van der Waals surface area contributed by atoms with Gasteiger partial charge < -0.3 is 0 Å². The third-order valence-corrected chi connectivity index (χ3v) is 1.94. The number of aromatic nitrogens is 1. The van der Waals surface area contributed by atoms with Crippen molar-refractivity contribution in [2.24, 2.45) is 0 Å². The van der Waals surface area contributed by atoms with E-state index < -0.39 is 0 Å². The van der Waals surface area contributed by atoms with Crippen LogP contribution in [-0.2, 0) is 10.7 Å². The molecule has 1 rings (SSSR count). The zero-order valence-corrected chi connectivity index (χ0v) is 7.60. The van der Waals surface area contributed by atoms with Crippen LogP contribution in [0.4, 0.5) is 0 Å². The van der Waals surface area contributed by atoms with Crippen molar-refractivity contribution in [3.05, 3.63) is 28.5 Å². The summed E-state index contributed by atoms with van der Waals surface area (Å²) in [5.74, 6) is 0. The van der Waals surface area contributed by atoms with E-state index in [9.17, 15) is 4.57 Å². The molecule has 0 aliphatic carbocycles. The minimum absolute atomic E-state index is 0.118. The molecule has 1 aromatic heterocycles. The molecule has 0 aromatic carbocycles. The average Bonchev–Trinajstić information content (AvgIpc) is 1.95. The van der Waals surface area contributed by atoms with Crippen LogP contribution in [0.1, 0.15) is 5.69 Å². The molecule has 0 aliphatic rings. The lowest BCUT2D eigenvalue weighted by molar-refractivity contribution is 0.598. The van der Waals surface area contributed by atoms with E-state index in [1.807, 2.05) is 12.1 Å². The average molecular weight is 218 g/mol. The fourth-order valence-electron chi connectivity index (χ4n) is 0.566. The Morgan fingerprint density at radius 3 is 2.90 bits per heavy atom. The van der Waals surface area contributed by atoms with Gasteiger partial charge in [0, 0.05) is 10.7 Å². The van der Waals surface area contributed by atoms with Gasteiger partial charge in [-0.25, -0.2) is 0 Å². The fourth-order valence-corrected chi connectivity index (χ4v) is 1.12. The summed E-state index contributed by atoms with van der Waals surface area (Å²) < 4.78 is 11.0. The molecule has 2 nitrogen and oxygen atoms in total. The molecule has 0 aliphatic heterocycles. The Labute approximate surface area is 69.0 Å². The molecule has 0 amide bonds. The Balaban J connectivity index is 2.78. The molecular formula is C6H5BrNOP. The number of pyridine rings is 1. The molecule has 0 spiro atoms. The van der Waals surface area contributed by atoms with Crippen LogP contribution in [-0.4, -0.2) is 4.98 Å². The van der Waals surface area contributed by atoms with Crippen molar-refractivity contribution in [1.29, 1.82) is 0 Å². The molecule has 4 heteroatoms. The molecule has 0 bridgehead atoms. The van der Waals surface area contributed by atoms with Gasteiger partial charge in [0.1, 0.15) is 0 Å².